The molecule has 18 heavy (non-hydrogen) atoms. The number of rotatable bonds is 3. The normalized spacial score (nSPS) is 14.1. The molecule has 1 aromatic carbocycles. The van der Waals surface area contributed by atoms with E-state index in [1.807, 2.05) is 7.05 Å². The Hall–Kier alpha value is -1.28. The van der Waals surface area contributed by atoms with Crippen LogP contribution in [0.25, 0.3) is 11.0 Å². The Morgan fingerprint density at radius 1 is 1.22 bits per heavy atom. The van der Waals surface area contributed by atoms with E-state index in [0.717, 1.165) is 17.8 Å². The SMILES string of the molecule is CNC(CC(C)(C)C)c1cc2cc(C)ccc2o1. The van der Waals surface area contributed by atoms with E-state index in [0.29, 0.717) is 0 Å². The third-order valence-electron chi connectivity index (χ3n) is 3.20. The average Bonchev–Trinajstić information content (AvgIpc) is 2.67. The van der Waals surface area contributed by atoms with Gasteiger partial charge < -0.3 is 9.73 Å². The Bertz CT molecular complexity index is 534. The zero-order valence-corrected chi connectivity index (χ0v) is 12.0. The van der Waals surface area contributed by atoms with Crippen LogP contribution in [0.4, 0.5) is 0 Å². The van der Waals surface area contributed by atoms with Gasteiger partial charge in [-0.15, -0.1) is 0 Å². The summed E-state index contributed by atoms with van der Waals surface area (Å²) in [6.45, 7) is 8.87. The number of fused-ring (bicyclic) bond motifs is 1. The first-order chi connectivity index (χ1) is 8.39. The first-order valence-electron chi connectivity index (χ1n) is 6.56. The average molecular weight is 245 g/mol. The summed E-state index contributed by atoms with van der Waals surface area (Å²) in [5.74, 6) is 1.04. The minimum absolute atomic E-state index is 0.276. The highest BCUT2D eigenvalue weighted by molar-refractivity contribution is 5.78. The van der Waals surface area contributed by atoms with Crippen LogP contribution in [-0.4, -0.2) is 7.05 Å². The summed E-state index contributed by atoms with van der Waals surface area (Å²) in [6.07, 6.45) is 1.06. The molecule has 2 aromatic rings. The van der Waals surface area contributed by atoms with E-state index in [-0.39, 0.29) is 11.5 Å². The lowest BCUT2D eigenvalue weighted by Gasteiger charge is -2.24. The van der Waals surface area contributed by atoms with E-state index in [1.165, 1.54) is 10.9 Å². The summed E-state index contributed by atoms with van der Waals surface area (Å²) < 4.78 is 5.96. The molecule has 98 valence electrons. The quantitative estimate of drug-likeness (QED) is 0.865. The van der Waals surface area contributed by atoms with Crippen molar-refractivity contribution < 1.29 is 4.42 Å². The van der Waals surface area contributed by atoms with Gasteiger partial charge in [-0.25, -0.2) is 0 Å². The van der Waals surface area contributed by atoms with Crippen molar-refractivity contribution in [3.8, 4) is 0 Å². The molecule has 0 saturated carbocycles. The van der Waals surface area contributed by atoms with Gasteiger partial charge in [-0.05, 0) is 44.0 Å². The van der Waals surface area contributed by atoms with Gasteiger partial charge in [0.2, 0.25) is 0 Å². The highest BCUT2D eigenvalue weighted by Crippen LogP contribution is 2.32. The minimum Gasteiger partial charge on any atom is -0.459 e. The van der Waals surface area contributed by atoms with Crippen LogP contribution in [0.15, 0.2) is 28.7 Å². The highest BCUT2D eigenvalue weighted by Gasteiger charge is 2.21. The molecular weight excluding hydrogens is 222 g/mol. The van der Waals surface area contributed by atoms with Gasteiger partial charge >= 0.3 is 0 Å². The van der Waals surface area contributed by atoms with Gasteiger partial charge in [-0.2, -0.15) is 0 Å². The van der Waals surface area contributed by atoms with Crippen LogP contribution in [0.3, 0.4) is 0 Å². The van der Waals surface area contributed by atoms with Crippen LogP contribution in [0.2, 0.25) is 0 Å². The largest absolute Gasteiger partial charge is 0.459 e. The summed E-state index contributed by atoms with van der Waals surface area (Å²) in [4.78, 5) is 0. The van der Waals surface area contributed by atoms with Crippen LogP contribution in [0.5, 0.6) is 0 Å². The van der Waals surface area contributed by atoms with Gasteiger partial charge in [-0.3, -0.25) is 0 Å². The number of aryl methyl sites for hydroxylation is 1. The van der Waals surface area contributed by atoms with Crippen molar-refractivity contribution in [3.63, 3.8) is 0 Å². The lowest BCUT2D eigenvalue weighted by atomic mass is 9.87. The third-order valence-corrected chi connectivity index (χ3v) is 3.20. The fourth-order valence-corrected chi connectivity index (χ4v) is 2.31. The fourth-order valence-electron chi connectivity index (χ4n) is 2.31. The van der Waals surface area contributed by atoms with Crippen molar-refractivity contribution in [1.29, 1.82) is 0 Å². The van der Waals surface area contributed by atoms with Gasteiger partial charge in [-0.1, -0.05) is 32.4 Å². The van der Waals surface area contributed by atoms with Gasteiger partial charge in [0.1, 0.15) is 11.3 Å². The zero-order valence-electron chi connectivity index (χ0n) is 12.0. The number of hydrogen-bond donors (Lipinski definition) is 1. The van der Waals surface area contributed by atoms with Crippen LogP contribution < -0.4 is 5.32 Å². The van der Waals surface area contributed by atoms with Gasteiger partial charge in [0.25, 0.3) is 0 Å². The lowest BCUT2D eigenvalue weighted by Crippen LogP contribution is -2.21. The molecule has 0 aliphatic heterocycles. The molecule has 1 heterocycles. The number of hydrogen-bond acceptors (Lipinski definition) is 2. The molecule has 0 spiro atoms. The maximum absolute atomic E-state index is 5.96. The van der Waals surface area contributed by atoms with Crippen molar-refractivity contribution in [2.24, 2.45) is 5.41 Å². The third kappa shape index (κ3) is 2.94. The van der Waals surface area contributed by atoms with Crippen LogP contribution in [0.1, 0.15) is 44.6 Å². The summed E-state index contributed by atoms with van der Waals surface area (Å²) in [5, 5.41) is 4.55. The highest BCUT2D eigenvalue weighted by atomic mass is 16.3. The lowest BCUT2D eigenvalue weighted by molar-refractivity contribution is 0.296. The summed E-state index contributed by atoms with van der Waals surface area (Å²) in [7, 11) is 1.99. The topological polar surface area (TPSA) is 25.2 Å². The minimum atomic E-state index is 0.276. The van der Waals surface area contributed by atoms with Crippen LogP contribution >= 0.6 is 0 Å². The number of nitrogens with one attached hydrogen (secondary N) is 1. The summed E-state index contributed by atoms with van der Waals surface area (Å²) >= 11 is 0. The smallest absolute Gasteiger partial charge is 0.134 e. The Morgan fingerprint density at radius 2 is 1.94 bits per heavy atom. The van der Waals surface area contributed by atoms with Gasteiger partial charge in [0.05, 0.1) is 6.04 Å². The second-order valence-electron chi connectivity index (χ2n) is 6.30. The molecule has 0 saturated heterocycles. The molecule has 1 aromatic heterocycles. The van der Waals surface area contributed by atoms with Crippen molar-refractivity contribution in [1.82, 2.24) is 5.32 Å². The first kappa shape index (κ1) is 13.2. The first-order valence-corrected chi connectivity index (χ1v) is 6.56. The van der Waals surface area contributed by atoms with E-state index < -0.39 is 0 Å². The molecule has 2 nitrogen and oxygen atoms in total. The molecule has 0 radical (unpaired) electrons. The Kier molecular flexibility index (Phi) is 3.49. The van der Waals surface area contributed by atoms with E-state index in [2.05, 4.69) is 57.3 Å². The second-order valence-corrected chi connectivity index (χ2v) is 6.30. The van der Waals surface area contributed by atoms with Crippen LogP contribution in [-0.2, 0) is 0 Å². The molecule has 0 aliphatic rings. The zero-order chi connectivity index (χ0) is 13.3. The summed E-state index contributed by atoms with van der Waals surface area (Å²) in [5.41, 5.74) is 2.53. The van der Waals surface area contributed by atoms with Gasteiger partial charge in [0.15, 0.2) is 0 Å². The standard InChI is InChI=1S/C16H23NO/c1-11-6-7-14-12(8-11)9-15(18-14)13(17-5)10-16(2,3)4/h6-9,13,17H,10H2,1-5H3. The molecule has 0 bridgehead atoms. The fraction of sp³-hybridized carbons (Fsp3) is 0.500. The van der Waals surface area contributed by atoms with Crippen molar-refractivity contribution in [2.45, 2.75) is 40.2 Å². The van der Waals surface area contributed by atoms with E-state index in [9.17, 15) is 0 Å². The van der Waals surface area contributed by atoms with E-state index >= 15 is 0 Å². The maximum atomic E-state index is 5.96. The number of benzene rings is 1. The maximum Gasteiger partial charge on any atom is 0.134 e. The molecule has 1 unspecified atom stereocenters. The van der Waals surface area contributed by atoms with Crippen LogP contribution in [0, 0.1) is 12.3 Å². The second kappa shape index (κ2) is 4.77. The Balaban J connectivity index is 2.34. The molecule has 0 fully saturated rings. The predicted octanol–water partition coefficient (Wildman–Crippen LogP) is 4.44. The molecule has 1 N–H and O–H groups in total. The summed E-state index contributed by atoms with van der Waals surface area (Å²) in [6, 6.07) is 8.75. The van der Waals surface area contributed by atoms with E-state index in [1.54, 1.807) is 0 Å². The molecule has 2 rings (SSSR count). The Morgan fingerprint density at radius 3 is 2.56 bits per heavy atom. The van der Waals surface area contributed by atoms with Crippen molar-refractivity contribution in [3.05, 3.63) is 35.6 Å². The molecule has 0 aliphatic carbocycles. The molecule has 0 amide bonds. The van der Waals surface area contributed by atoms with Gasteiger partial charge in [0, 0.05) is 5.39 Å². The van der Waals surface area contributed by atoms with E-state index in [4.69, 9.17) is 4.42 Å². The Labute approximate surface area is 109 Å². The van der Waals surface area contributed by atoms with Crippen molar-refractivity contribution >= 4 is 11.0 Å². The molecule has 1 atom stereocenters. The van der Waals surface area contributed by atoms with Crippen molar-refractivity contribution in [2.75, 3.05) is 7.05 Å². The monoisotopic (exact) mass is 245 g/mol. The number of furan rings is 1. The predicted molar refractivity (Wildman–Crippen MR) is 76.8 cm³/mol. The molecule has 2 heteroatoms. The molecular formula is C16H23NO.